The molecule has 0 spiro atoms. The highest BCUT2D eigenvalue weighted by atomic mass is 35.5. The average molecular weight is 406 g/mol. The monoisotopic (exact) mass is 405 g/mol. The summed E-state index contributed by atoms with van der Waals surface area (Å²) in [5.41, 5.74) is 11.0. The van der Waals surface area contributed by atoms with E-state index in [1.807, 2.05) is 12.1 Å². The van der Waals surface area contributed by atoms with E-state index in [0.717, 1.165) is 37.7 Å². The lowest BCUT2D eigenvalue weighted by Gasteiger charge is -2.40. The molecule has 3 aromatic carbocycles. The van der Waals surface area contributed by atoms with Crippen molar-refractivity contribution in [2.75, 3.05) is 26.2 Å². The van der Waals surface area contributed by atoms with Crippen molar-refractivity contribution >= 4 is 11.6 Å². The maximum Gasteiger partial charge on any atom is 0.0602 e. The second-order valence-corrected chi connectivity index (χ2v) is 8.14. The lowest BCUT2D eigenvalue weighted by Crippen LogP contribution is -2.47. The molecule has 1 atom stereocenters. The molecule has 1 unspecified atom stereocenters. The molecule has 0 aromatic heterocycles. The molecule has 1 aliphatic heterocycles. The molecule has 0 bridgehead atoms. The van der Waals surface area contributed by atoms with Crippen molar-refractivity contribution in [1.29, 1.82) is 0 Å². The summed E-state index contributed by atoms with van der Waals surface area (Å²) in [7, 11) is 0. The van der Waals surface area contributed by atoms with Crippen LogP contribution in [-0.2, 0) is 13.1 Å². The predicted molar refractivity (Wildman–Crippen MR) is 121 cm³/mol. The fraction of sp³-hybridized carbons (Fsp3) is 0.280. The van der Waals surface area contributed by atoms with Gasteiger partial charge in [0.2, 0.25) is 0 Å². The number of benzene rings is 3. The third-order valence-corrected chi connectivity index (χ3v) is 5.96. The van der Waals surface area contributed by atoms with E-state index in [-0.39, 0.29) is 6.04 Å². The molecule has 4 heteroatoms. The molecule has 0 saturated carbocycles. The second-order valence-electron chi connectivity index (χ2n) is 7.70. The van der Waals surface area contributed by atoms with Crippen LogP contribution in [0.15, 0.2) is 78.9 Å². The highest BCUT2D eigenvalue weighted by Gasteiger charge is 2.26. The van der Waals surface area contributed by atoms with Crippen molar-refractivity contribution in [1.82, 2.24) is 9.80 Å². The lowest BCUT2D eigenvalue weighted by atomic mass is 9.96. The van der Waals surface area contributed by atoms with Crippen LogP contribution in [0.2, 0.25) is 5.02 Å². The van der Waals surface area contributed by atoms with E-state index in [9.17, 15) is 0 Å². The number of nitrogens with zero attached hydrogens (tertiary/aromatic N) is 2. The number of halogens is 1. The van der Waals surface area contributed by atoms with Gasteiger partial charge in [0.25, 0.3) is 0 Å². The third-order valence-electron chi connectivity index (χ3n) is 5.71. The number of piperazine rings is 1. The number of rotatable bonds is 6. The fourth-order valence-corrected chi connectivity index (χ4v) is 4.31. The largest absolute Gasteiger partial charge is 0.326 e. The molecule has 29 heavy (non-hydrogen) atoms. The van der Waals surface area contributed by atoms with Gasteiger partial charge in [0.1, 0.15) is 0 Å². The average Bonchev–Trinajstić information content (AvgIpc) is 2.77. The van der Waals surface area contributed by atoms with Crippen LogP contribution in [0, 0.1) is 0 Å². The Hall–Kier alpha value is -2.17. The van der Waals surface area contributed by atoms with Crippen LogP contribution in [0.3, 0.4) is 0 Å². The molecule has 2 N–H and O–H groups in total. The topological polar surface area (TPSA) is 32.5 Å². The zero-order chi connectivity index (χ0) is 20.1. The zero-order valence-corrected chi connectivity index (χ0v) is 17.4. The fourth-order valence-electron chi connectivity index (χ4n) is 4.19. The minimum atomic E-state index is 0.260. The third kappa shape index (κ3) is 5.06. The van der Waals surface area contributed by atoms with Crippen LogP contribution in [0.1, 0.15) is 28.3 Å². The van der Waals surface area contributed by atoms with Crippen LogP contribution < -0.4 is 5.73 Å². The number of hydrogen-bond donors (Lipinski definition) is 1. The minimum Gasteiger partial charge on any atom is -0.326 e. The van der Waals surface area contributed by atoms with E-state index in [2.05, 4.69) is 76.5 Å². The summed E-state index contributed by atoms with van der Waals surface area (Å²) in [6, 6.07) is 28.0. The molecular formula is C25H28ClN3. The maximum absolute atomic E-state index is 6.14. The smallest absolute Gasteiger partial charge is 0.0602 e. The number of hydrogen-bond acceptors (Lipinski definition) is 3. The van der Waals surface area contributed by atoms with Gasteiger partial charge in [-0.1, -0.05) is 78.3 Å². The first kappa shape index (κ1) is 20.1. The summed E-state index contributed by atoms with van der Waals surface area (Å²) < 4.78 is 0. The first-order valence-corrected chi connectivity index (χ1v) is 10.7. The summed E-state index contributed by atoms with van der Waals surface area (Å²) in [5, 5.41) is 0.782. The lowest BCUT2D eigenvalue weighted by molar-refractivity contribution is 0.105. The summed E-state index contributed by atoms with van der Waals surface area (Å²) in [6.07, 6.45) is 0. The molecule has 150 valence electrons. The Morgan fingerprint density at radius 1 is 0.759 bits per heavy atom. The molecule has 1 fully saturated rings. The van der Waals surface area contributed by atoms with E-state index < -0.39 is 0 Å². The van der Waals surface area contributed by atoms with Gasteiger partial charge in [-0.3, -0.25) is 9.80 Å². The molecule has 0 amide bonds. The first-order valence-electron chi connectivity index (χ1n) is 10.3. The quantitative estimate of drug-likeness (QED) is 0.644. The highest BCUT2D eigenvalue weighted by molar-refractivity contribution is 6.30. The van der Waals surface area contributed by atoms with Crippen molar-refractivity contribution in [3.8, 4) is 0 Å². The van der Waals surface area contributed by atoms with E-state index in [1.54, 1.807) is 0 Å². The standard InChI is InChI=1S/C25H28ClN3/c26-24-11-9-23(10-12-24)25(22-7-2-1-3-8-22)29-15-13-28(14-16-29)19-21-6-4-5-20(17-21)18-27/h1-12,17,25H,13-16,18-19,27H2. The molecule has 4 rings (SSSR count). The van der Waals surface area contributed by atoms with Gasteiger partial charge < -0.3 is 5.73 Å². The molecule has 0 radical (unpaired) electrons. The van der Waals surface area contributed by atoms with Crippen molar-refractivity contribution in [2.45, 2.75) is 19.1 Å². The summed E-state index contributed by atoms with van der Waals surface area (Å²) in [5.74, 6) is 0. The highest BCUT2D eigenvalue weighted by Crippen LogP contribution is 2.30. The van der Waals surface area contributed by atoms with Crippen molar-refractivity contribution in [3.05, 3.63) is 106 Å². The van der Waals surface area contributed by atoms with Gasteiger partial charge in [-0.15, -0.1) is 0 Å². The Bertz CT molecular complexity index is 903. The van der Waals surface area contributed by atoms with Gasteiger partial charge in [-0.25, -0.2) is 0 Å². The Morgan fingerprint density at radius 2 is 1.41 bits per heavy atom. The van der Waals surface area contributed by atoms with Crippen LogP contribution >= 0.6 is 11.6 Å². The molecule has 1 saturated heterocycles. The number of nitrogens with two attached hydrogens (primary N) is 1. The van der Waals surface area contributed by atoms with Gasteiger partial charge >= 0.3 is 0 Å². The summed E-state index contributed by atoms with van der Waals surface area (Å²) in [6.45, 7) is 5.78. The molecule has 3 nitrogen and oxygen atoms in total. The van der Waals surface area contributed by atoms with Crippen molar-refractivity contribution in [2.24, 2.45) is 5.73 Å². The Morgan fingerprint density at radius 3 is 2.10 bits per heavy atom. The molecular weight excluding hydrogens is 378 g/mol. The van der Waals surface area contributed by atoms with E-state index in [1.165, 1.54) is 22.3 Å². The van der Waals surface area contributed by atoms with E-state index in [4.69, 9.17) is 17.3 Å². The zero-order valence-electron chi connectivity index (χ0n) is 16.7. The molecule has 0 aliphatic carbocycles. The van der Waals surface area contributed by atoms with Gasteiger partial charge in [0.15, 0.2) is 0 Å². The molecule has 1 heterocycles. The van der Waals surface area contributed by atoms with Crippen LogP contribution in [0.25, 0.3) is 0 Å². The summed E-state index contributed by atoms with van der Waals surface area (Å²) in [4.78, 5) is 5.13. The minimum absolute atomic E-state index is 0.260. The van der Waals surface area contributed by atoms with Crippen LogP contribution in [-0.4, -0.2) is 36.0 Å². The van der Waals surface area contributed by atoms with Crippen molar-refractivity contribution < 1.29 is 0 Å². The van der Waals surface area contributed by atoms with Gasteiger partial charge in [0, 0.05) is 44.3 Å². The molecule has 1 aliphatic rings. The SMILES string of the molecule is NCc1cccc(CN2CCN(C(c3ccccc3)c3ccc(Cl)cc3)CC2)c1. The second kappa shape index (κ2) is 9.55. The van der Waals surface area contributed by atoms with Gasteiger partial charge in [0.05, 0.1) is 6.04 Å². The van der Waals surface area contributed by atoms with E-state index in [0.29, 0.717) is 6.54 Å². The maximum atomic E-state index is 6.14. The normalized spacial score (nSPS) is 16.6. The van der Waals surface area contributed by atoms with Gasteiger partial charge in [-0.05, 0) is 34.4 Å². The Labute approximate surface area is 178 Å². The summed E-state index contributed by atoms with van der Waals surface area (Å²) >= 11 is 6.14. The Kier molecular flexibility index (Phi) is 6.63. The Balaban J connectivity index is 1.47. The predicted octanol–water partition coefficient (Wildman–Crippen LogP) is 4.71. The van der Waals surface area contributed by atoms with Gasteiger partial charge in [-0.2, -0.15) is 0 Å². The molecule has 3 aromatic rings. The van der Waals surface area contributed by atoms with Crippen LogP contribution in [0.5, 0.6) is 0 Å². The van der Waals surface area contributed by atoms with Crippen molar-refractivity contribution in [3.63, 3.8) is 0 Å². The van der Waals surface area contributed by atoms with E-state index >= 15 is 0 Å². The van der Waals surface area contributed by atoms with Crippen LogP contribution in [0.4, 0.5) is 0 Å². The first-order chi connectivity index (χ1) is 14.2.